The molecule has 0 aromatic heterocycles. The molecule has 1 aliphatic heterocycles. The number of nitrogens with one attached hydrogen (secondary N) is 1. The Hall–Kier alpha value is -1.52. The van der Waals surface area contributed by atoms with Crippen molar-refractivity contribution in [2.45, 2.75) is 31.4 Å². The number of fused-ring (bicyclic) bond motifs is 1. The van der Waals surface area contributed by atoms with Gasteiger partial charge in [-0.1, -0.05) is 18.2 Å². The van der Waals surface area contributed by atoms with Gasteiger partial charge in [-0.2, -0.15) is 0 Å². The maximum Gasteiger partial charge on any atom is 0.161 e. The zero-order valence-electron chi connectivity index (χ0n) is 10.5. The van der Waals surface area contributed by atoms with E-state index in [0.29, 0.717) is 6.61 Å². The normalized spacial score (nSPS) is 19.3. The SMILES string of the molecule is C=CCCCC(NN)C1COc2ccccc2O1. The molecule has 98 valence electrons. The summed E-state index contributed by atoms with van der Waals surface area (Å²) in [5.74, 6) is 7.19. The summed E-state index contributed by atoms with van der Waals surface area (Å²) in [6.07, 6.45) is 4.84. The smallest absolute Gasteiger partial charge is 0.161 e. The van der Waals surface area contributed by atoms with Crippen LogP contribution in [0.3, 0.4) is 0 Å². The number of hydrogen-bond donors (Lipinski definition) is 2. The molecule has 18 heavy (non-hydrogen) atoms. The van der Waals surface area contributed by atoms with Crippen LogP contribution in [0.1, 0.15) is 19.3 Å². The summed E-state index contributed by atoms with van der Waals surface area (Å²) >= 11 is 0. The molecule has 0 saturated carbocycles. The van der Waals surface area contributed by atoms with Crippen LogP contribution < -0.4 is 20.7 Å². The fraction of sp³-hybridized carbons (Fsp3) is 0.429. The topological polar surface area (TPSA) is 56.5 Å². The Morgan fingerprint density at radius 2 is 2.22 bits per heavy atom. The minimum atomic E-state index is -0.0466. The van der Waals surface area contributed by atoms with E-state index in [1.807, 2.05) is 30.3 Å². The largest absolute Gasteiger partial charge is 0.486 e. The van der Waals surface area contributed by atoms with E-state index in [0.717, 1.165) is 30.8 Å². The average Bonchev–Trinajstić information content (AvgIpc) is 2.43. The van der Waals surface area contributed by atoms with E-state index in [2.05, 4.69) is 12.0 Å². The second-order valence-corrected chi connectivity index (χ2v) is 4.41. The van der Waals surface area contributed by atoms with Crippen LogP contribution in [-0.4, -0.2) is 18.8 Å². The van der Waals surface area contributed by atoms with Crippen molar-refractivity contribution in [2.75, 3.05) is 6.61 Å². The molecule has 0 bridgehead atoms. The van der Waals surface area contributed by atoms with Gasteiger partial charge in [0.05, 0.1) is 6.04 Å². The van der Waals surface area contributed by atoms with Crippen LogP contribution >= 0.6 is 0 Å². The molecule has 0 amide bonds. The van der Waals surface area contributed by atoms with Crippen LogP contribution in [0, 0.1) is 0 Å². The Morgan fingerprint density at radius 3 is 2.94 bits per heavy atom. The Bertz CT molecular complexity index is 395. The van der Waals surface area contributed by atoms with E-state index < -0.39 is 0 Å². The predicted molar refractivity (Wildman–Crippen MR) is 71.5 cm³/mol. The van der Waals surface area contributed by atoms with Gasteiger partial charge >= 0.3 is 0 Å². The van der Waals surface area contributed by atoms with E-state index in [4.69, 9.17) is 15.3 Å². The summed E-state index contributed by atoms with van der Waals surface area (Å²) in [7, 11) is 0. The molecule has 1 aliphatic rings. The minimum absolute atomic E-state index is 0.0466. The van der Waals surface area contributed by atoms with Crippen LogP contribution in [0.4, 0.5) is 0 Å². The summed E-state index contributed by atoms with van der Waals surface area (Å²) in [6, 6.07) is 7.80. The summed E-state index contributed by atoms with van der Waals surface area (Å²) in [5.41, 5.74) is 2.82. The lowest BCUT2D eigenvalue weighted by Crippen LogP contribution is -2.50. The van der Waals surface area contributed by atoms with Gasteiger partial charge in [-0.25, -0.2) is 0 Å². The average molecular weight is 248 g/mol. The first-order chi connectivity index (χ1) is 8.85. The molecule has 0 radical (unpaired) electrons. The molecule has 0 aliphatic carbocycles. The Kier molecular flexibility index (Phi) is 4.61. The Morgan fingerprint density at radius 1 is 1.44 bits per heavy atom. The van der Waals surface area contributed by atoms with Crippen molar-refractivity contribution in [3.8, 4) is 11.5 Å². The van der Waals surface area contributed by atoms with Crippen molar-refractivity contribution >= 4 is 0 Å². The number of para-hydroxylation sites is 2. The quantitative estimate of drug-likeness (QED) is 0.350. The molecule has 2 rings (SSSR count). The number of hydrogen-bond acceptors (Lipinski definition) is 4. The van der Waals surface area contributed by atoms with Gasteiger partial charge in [-0.05, 0) is 31.4 Å². The van der Waals surface area contributed by atoms with Crippen LogP contribution in [0.5, 0.6) is 11.5 Å². The fourth-order valence-corrected chi connectivity index (χ4v) is 2.09. The third-order valence-electron chi connectivity index (χ3n) is 3.12. The highest BCUT2D eigenvalue weighted by molar-refractivity contribution is 5.40. The molecule has 2 atom stereocenters. The molecular formula is C14H20N2O2. The lowest BCUT2D eigenvalue weighted by atomic mass is 10.0. The van der Waals surface area contributed by atoms with Crippen molar-refractivity contribution in [3.05, 3.63) is 36.9 Å². The van der Waals surface area contributed by atoms with Crippen LogP contribution in [0.15, 0.2) is 36.9 Å². The molecule has 1 aromatic carbocycles. The minimum Gasteiger partial charge on any atom is -0.486 e. The third kappa shape index (κ3) is 3.03. The van der Waals surface area contributed by atoms with Gasteiger partial charge in [-0.15, -0.1) is 6.58 Å². The van der Waals surface area contributed by atoms with Crippen molar-refractivity contribution in [2.24, 2.45) is 5.84 Å². The number of benzene rings is 1. The highest BCUT2D eigenvalue weighted by Crippen LogP contribution is 2.32. The number of hydrazine groups is 1. The first kappa shape index (κ1) is 12.9. The van der Waals surface area contributed by atoms with Crippen LogP contribution in [-0.2, 0) is 0 Å². The van der Waals surface area contributed by atoms with Gasteiger partial charge in [-0.3, -0.25) is 11.3 Å². The lowest BCUT2D eigenvalue weighted by molar-refractivity contribution is 0.0590. The van der Waals surface area contributed by atoms with Crippen LogP contribution in [0.25, 0.3) is 0 Å². The maximum atomic E-state index is 5.92. The second kappa shape index (κ2) is 6.42. The molecule has 1 heterocycles. The number of nitrogens with two attached hydrogens (primary N) is 1. The lowest BCUT2D eigenvalue weighted by Gasteiger charge is -2.31. The van der Waals surface area contributed by atoms with Gasteiger partial charge in [0.2, 0.25) is 0 Å². The summed E-state index contributed by atoms with van der Waals surface area (Å²) in [5, 5.41) is 0. The monoisotopic (exact) mass is 248 g/mol. The first-order valence-electron chi connectivity index (χ1n) is 6.30. The van der Waals surface area contributed by atoms with Crippen molar-refractivity contribution in [1.82, 2.24) is 5.43 Å². The summed E-state index contributed by atoms with van der Waals surface area (Å²) in [6.45, 7) is 4.25. The van der Waals surface area contributed by atoms with Crippen molar-refractivity contribution < 1.29 is 9.47 Å². The van der Waals surface area contributed by atoms with E-state index in [1.54, 1.807) is 0 Å². The zero-order chi connectivity index (χ0) is 12.8. The van der Waals surface area contributed by atoms with Gasteiger partial charge < -0.3 is 9.47 Å². The Balaban J connectivity index is 1.95. The highest BCUT2D eigenvalue weighted by Gasteiger charge is 2.27. The number of ether oxygens (including phenoxy) is 2. The predicted octanol–water partition coefficient (Wildman–Crippen LogP) is 2.01. The molecule has 0 fully saturated rings. The number of rotatable bonds is 6. The van der Waals surface area contributed by atoms with Crippen molar-refractivity contribution in [1.29, 1.82) is 0 Å². The van der Waals surface area contributed by atoms with Gasteiger partial charge in [0, 0.05) is 0 Å². The maximum absolute atomic E-state index is 5.92. The van der Waals surface area contributed by atoms with Crippen LogP contribution in [0.2, 0.25) is 0 Å². The first-order valence-corrected chi connectivity index (χ1v) is 6.30. The van der Waals surface area contributed by atoms with Gasteiger partial charge in [0.1, 0.15) is 12.7 Å². The van der Waals surface area contributed by atoms with Crippen molar-refractivity contribution in [3.63, 3.8) is 0 Å². The molecule has 1 aromatic rings. The summed E-state index contributed by atoms with van der Waals surface area (Å²) in [4.78, 5) is 0. The second-order valence-electron chi connectivity index (χ2n) is 4.41. The van der Waals surface area contributed by atoms with E-state index in [1.165, 1.54) is 0 Å². The number of allylic oxidation sites excluding steroid dienone is 1. The zero-order valence-corrected chi connectivity index (χ0v) is 10.5. The van der Waals surface area contributed by atoms with E-state index in [9.17, 15) is 0 Å². The molecule has 4 heteroatoms. The van der Waals surface area contributed by atoms with Gasteiger partial charge in [0.25, 0.3) is 0 Å². The molecule has 4 nitrogen and oxygen atoms in total. The molecule has 2 unspecified atom stereocenters. The highest BCUT2D eigenvalue weighted by atomic mass is 16.6. The molecule has 0 spiro atoms. The van der Waals surface area contributed by atoms with E-state index in [-0.39, 0.29) is 12.1 Å². The van der Waals surface area contributed by atoms with Gasteiger partial charge in [0.15, 0.2) is 11.5 Å². The molecule has 0 saturated heterocycles. The standard InChI is InChI=1S/C14H20N2O2/c1-2-3-4-7-11(16-15)14-10-17-12-8-5-6-9-13(12)18-14/h2,5-6,8-9,11,14,16H,1,3-4,7,10,15H2. The molecule has 3 N–H and O–H groups in total. The summed E-state index contributed by atoms with van der Waals surface area (Å²) < 4.78 is 11.6. The number of unbranched alkanes of at least 4 members (excludes halogenated alkanes) is 1. The van der Waals surface area contributed by atoms with E-state index >= 15 is 0 Å². The third-order valence-corrected chi connectivity index (χ3v) is 3.12. The fourth-order valence-electron chi connectivity index (χ4n) is 2.09. The molecular weight excluding hydrogens is 228 g/mol. The Labute approximate surface area is 108 Å².